The number of para-hydroxylation sites is 1. The number of rotatable bonds is 6. The number of benzene rings is 2. The van der Waals surface area contributed by atoms with Crippen LogP contribution in [-0.4, -0.2) is 29.9 Å². The molecule has 3 aromatic heterocycles. The van der Waals surface area contributed by atoms with E-state index in [4.69, 9.17) is 4.42 Å². The fraction of sp³-hybridized carbons (Fsp3) is 0.125. The van der Waals surface area contributed by atoms with E-state index in [1.54, 1.807) is 12.4 Å². The van der Waals surface area contributed by atoms with Crippen molar-refractivity contribution in [3.05, 3.63) is 90.6 Å². The normalized spacial score (nSPS) is 12.1. The van der Waals surface area contributed by atoms with Crippen LogP contribution in [0.4, 0.5) is 0 Å². The maximum absolute atomic E-state index is 5.96. The Hall–Kier alpha value is -3.78. The van der Waals surface area contributed by atoms with Gasteiger partial charge in [-0.2, -0.15) is 0 Å². The van der Waals surface area contributed by atoms with Crippen molar-refractivity contribution < 1.29 is 4.42 Å². The number of aryl methyl sites for hydroxylation is 1. The fourth-order valence-electron chi connectivity index (χ4n) is 3.37. The molecule has 5 rings (SSSR count). The average molecular weight is 441 g/mol. The maximum Gasteiger partial charge on any atom is 0.247 e. The Morgan fingerprint density at radius 1 is 0.812 bits per heavy atom. The molecule has 8 heteroatoms. The molecule has 5 aromatic rings. The molecule has 0 aliphatic rings. The quantitative estimate of drug-likeness (QED) is 0.321. The molecule has 7 nitrogen and oxygen atoms in total. The molecule has 158 valence electrons. The second-order valence-electron chi connectivity index (χ2n) is 7.24. The van der Waals surface area contributed by atoms with Gasteiger partial charge >= 0.3 is 0 Å². The Morgan fingerprint density at radius 2 is 1.56 bits per heavy atom. The largest absolute Gasteiger partial charge is 0.419 e. The van der Waals surface area contributed by atoms with E-state index in [-0.39, 0.29) is 5.25 Å². The van der Waals surface area contributed by atoms with Gasteiger partial charge in [0.2, 0.25) is 11.8 Å². The lowest BCUT2D eigenvalue weighted by molar-refractivity contribution is 0.509. The van der Waals surface area contributed by atoms with Crippen molar-refractivity contribution in [2.24, 2.45) is 0 Å². The molecule has 0 saturated carbocycles. The van der Waals surface area contributed by atoms with Crippen molar-refractivity contribution in [1.82, 2.24) is 29.9 Å². The van der Waals surface area contributed by atoms with Gasteiger partial charge in [-0.15, -0.1) is 20.4 Å². The molecule has 0 amide bonds. The van der Waals surface area contributed by atoms with Crippen molar-refractivity contribution >= 4 is 11.8 Å². The van der Waals surface area contributed by atoms with Crippen molar-refractivity contribution in [1.29, 1.82) is 0 Å². The minimum atomic E-state index is -0.114. The SMILES string of the molecule is Cc1ccccc1-n1c(SC(C)c2nnc(-c3ccccc3)o2)nnc1-c1ccncc1. The molecule has 0 aliphatic heterocycles. The molecule has 0 radical (unpaired) electrons. The van der Waals surface area contributed by atoms with Gasteiger partial charge < -0.3 is 4.42 Å². The summed E-state index contributed by atoms with van der Waals surface area (Å²) in [6.07, 6.45) is 3.51. The Bertz CT molecular complexity index is 1330. The van der Waals surface area contributed by atoms with Crippen LogP contribution in [0.1, 0.15) is 23.6 Å². The van der Waals surface area contributed by atoms with Gasteiger partial charge in [0.15, 0.2) is 11.0 Å². The second-order valence-corrected chi connectivity index (χ2v) is 8.54. The first-order valence-corrected chi connectivity index (χ1v) is 11.1. The van der Waals surface area contributed by atoms with Crippen LogP contribution in [0.5, 0.6) is 0 Å². The number of aromatic nitrogens is 6. The van der Waals surface area contributed by atoms with Crippen LogP contribution in [0.3, 0.4) is 0 Å². The van der Waals surface area contributed by atoms with E-state index in [0.29, 0.717) is 11.8 Å². The third-order valence-electron chi connectivity index (χ3n) is 5.02. The Labute approximate surface area is 189 Å². The number of hydrogen-bond donors (Lipinski definition) is 0. The molecule has 0 N–H and O–H groups in total. The zero-order valence-corrected chi connectivity index (χ0v) is 18.4. The highest BCUT2D eigenvalue weighted by Gasteiger charge is 2.23. The lowest BCUT2D eigenvalue weighted by atomic mass is 10.2. The highest BCUT2D eigenvalue weighted by atomic mass is 32.2. The highest BCUT2D eigenvalue weighted by Crippen LogP contribution is 2.37. The van der Waals surface area contributed by atoms with E-state index in [1.165, 1.54) is 11.8 Å². The third kappa shape index (κ3) is 3.92. The molecule has 1 atom stereocenters. The van der Waals surface area contributed by atoms with Crippen LogP contribution in [0.15, 0.2) is 88.7 Å². The van der Waals surface area contributed by atoms with E-state index < -0.39 is 0 Å². The molecule has 3 heterocycles. The number of nitrogens with zero attached hydrogens (tertiary/aromatic N) is 6. The summed E-state index contributed by atoms with van der Waals surface area (Å²) >= 11 is 1.53. The first-order chi connectivity index (χ1) is 15.7. The molecular formula is C24H20N6OS. The van der Waals surface area contributed by atoms with E-state index >= 15 is 0 Å². The molecule has 32 heavy (non-hydrogen) atoms. The van der Waals surface area contributed by atoms with Crippen LogP contribution < -0.4 is 0 Å². The first kappa shape index (κ1) is 20.1. The predicted octanol–water partition coefficient (Wildman–Crippen LogP) is 5.54. The molecule has 0 bridgehead atoms. The zero-order valence-electron chi connectivity index (χ0n) is 17.6. The fourth-order valence-corrected chi connectivity index (χ4v) is 4.26. The first-order valence-electron chi connectivity index (χ1n) is 10.2. The van der Waals surface area contributed by atoms with Crippen molar-refractivity contribution in [3.63, 3.8) is 0 Å². The summed E-state index contributed by atoms with van der Waals surface area (Å²) in [7, 11) is 0. The van der Waals surface area contributed by atoms with Crippen LogP contribution in [0, 0.1) is 6.92 Å². The van der Waals surface area contributed by atoms with Crippen LogP contribution >= 0.6 is 11.8 Å². The van der Waals surface area contributed by atoms with Crippen molar-refractivity contribution in [2.75, 3.05) is 0 Å². The molecule has 0 fully saturated rings. The summed E-state index contributed by atoms with van der Waals surface area (Å²) in [4.78, 5) is 4.12. The number of pyridine rings is 1. The number of hydrogen-bond acceptors (Lipinski definition) is 7. The third-order valence-corrected chi connectivity index (χ3v) is 6.05. The minimum absolute atomic E-state index is 0.114. The zero-order chi connectivity index (χ0) is 21.9. The van der Waals surface area contributed by atoms with Crippen LogP contribution in [0.25, 0.3) is 28.5 Å². The Balaban J connectivity index is 1.51. The smallest absolute Gasteiger partial charge is 0.247 e. The molecule has 0 spiro atoms. The van der Waals surface area contributed by atoms with Crippen molar-refractivity contribution in [3.8, 4) is 28.5 Å². The number of thioether (sulfide) groups is 1. The van der Waals surface area contributed by atoms with Gasteiger partial charge in [-0.3, -0.25) is 9.55 Å². The summed E-state index contributed by atoms with van der Waals surface area (Å²) in [6.45, 7) is 4.10. The van der Waals surface area contributed by atoms with Gasteiger partial charge in [0.1, 0.15) is 0 Å². The van der Waals surface area contributed by atoms with E-state index in [9.17, 15) is 0 Å². The van der Waals surface area contributed by atoms with E-state index in [0.717, 1.165) is 33.4 Å². The topological polar surface area (TPSA) is 82.5 Å². The Morgan fingerprint density at radius 3 is 2.34 bits per heavy atom. The molecule has 0 saturated heterocycles. The van der Waals surface area contributed by atoms with Gasteiger partial charge in [0.05, 0.1) is 10.9 Å². The standard InChI is InChI=1S/C24H20N6OS/c1-16-8-6-7-11-20(16)30-21(18-12-14-25-15-13-18)26-29-24(30)32-17(2)22-27-28-23(31-22)19-9-4-3-5-10-19/h3-15,17H,1-2H3. The van der Waals surface area contributed by atoms with Gasteiger partial charge in [-0.25, -0.2) is 0 Å². The molecule has 2 aromatic carbocycles. The highest BCUT2D eigenvalue weighted by molar-refractivity contribution is 7.99. The van der Waals surface area contributed by atoms with Gasteiger partial charge in [-0.1, -0.05) is 48.2 Å². The summed E-state index contributed by atoms with van der Waals surface area (Å²) in [5.74, 6) is 1.80. The summed E-state index contributed by atoms with van der Waals surface area (Å²) < 4.78 is 8.03. The average Bonchev–Trinajstić information content (AvgIpc) is 3.49. The van der Waals surface area contributed by atoms with Crippen LogP contribution in [-0.2, 0) is 0 Å². The summed E-state index contributed by atoms with van der Waals surface area (Å²) in [5.41, 5.74) is 3.99. The summed E-state index contributed by atoms with van der Waals surface area (Å²) in [6, 6.07) is 21.8. The van der Waals surface area contributed by atoms with E-state index in [1.807, 2.05) is 61.5 Å². The maximum atomic E-state index is 5.96. The van der Waals surface area contributed by atoms with Gasteiger partial charge in [0.25, 0.3) is 0 Å². The van der Waals surface area contributed by atoms with E-state index in [2.05, 4.69) is 49.0 Å². The van der Waals surface area contributed by atoms with Crippen molar-refractivity contribution in [2.45, 2.75) is 24.3 Å². The Kier molecular flexibility index (Phi) is 5.51. The molecule has 1 unspecified atom stereocenters. The lowest BCUT2D eigenvalue weighted by Gasteiger charge is -2.14. The van der Waals surface area contributed by atoms with Gasteiger partial charge in [-0.05, 0) is 49.7 Å². The van der Waals surface area contributed by atoms with Gasteiger partial charge in [0, 0.05) is 23.5 Å². The monoisotopic (exact) mass is 440 g/mol. The summed E-state index contributed by atoms with van der Waals surface area (Å²) in [5, 5.41) is 18.1. The molecular weight excluding hydrogens is 420 g/mol. The predicted molar refractivity (Wildman–Crippen MR) is 123 cm³/mol. The van der Waals surface area contributed by atoms with Crippen LogP contribution in [0.2, 0.25) is 0 Å². The second kappa shape index (κ2) is 8.76. The lowest BCUT2D eigenvalue weighted by Crippen LogP contribution is -2.03. The minimum Gasteiger partial charge on any atom is -0.419 e. The molecule has 0 aliphatic carbocycles.